The molecule has 29 heavy (non-hydrogen) atoms. The highest BCUT2D eigenvalue weighted by molar-refractivity contribution is 7.17. The predicted molar refractivity (Wildman–Crippen MR) is 114 cm³/mol. The second-order valence-corrected chi connectivity index (χ2v) is 7.72. The molecule has 6 heteroatoms. The van der Waals surface area contributed by atoms with Crippen molar-refractivity contribution in [2.45, 2.75) is 13.0 Å². The zero-order valence-electron chi connectivity index (χ0n) is 16.0. The quantitative estimate of drug-likeness (QED) is 0.474. The topological polar surface area (TPSA) is 43.3 Å². The summed E-state index contributed by atoms with van der Waals surface area (Å²) in [6.07, 6.45) is 0.731. The molecule has 4 rings (SSSR count). The predicted octanol–water partition coefficient (Wildman–Crippen LogP) is 4.87. The van der Waals surface area contributed by atoms with Crippen LogP contribution in [0, 0.1) is 5.82 Å². The van der Waals surface area contributed by atoms with Crippen LogP contribution in [-0.2, 0) is 13.0 Å². The molecule has 0 aliphatic heterocycles. The number of ether oxygens (including phenoxy) is 1. The summed E-state index contributed by atoms with van der Waals surface area (Å²) in [5.74, 6) is 0.410. The summed E-state index contributed by atoms with van der Waals surface area (Å²) in [7, 11) is 1.64. The van der Waals surface area contributed by atoms with Crippen molar-refractivity contribution in [2.75, 3.05) is 13.7 Å². The number of fused-ring (bicyclic) bond motifs is 1. The van der Waals surface area contributed by atoms with Crippen LogP contribution in [0.1, 0.15) is 21.6 Å². The summed E-state index contributed by atoms with van der Waals surface area (Å²) >= 11 is 1.59. The molecule has 0 fully saturated rings. The van der Waals surface area contributed by atoms with Crippen molar-refractivity contribution < 1.29 is 13.9 Å². The average molecular weight is 408 g/mol. The number of aromatic nitrogens is 1. The SMILES string of the molecule is COc1ccc(CCNC(=O)c2cc3sccc3n2Cc2cccc(F)c2)cc1. The molecular formula is C23H21FN2O2S. The molecule has 0 unspecified atom stereocenters. The van der Waals surface area contributed by atoms with Crippen molar-refractivity contribution in [3.63, 3.8) is 0 Å². The van der Waals surface area contributed by atoms with Gasteiger partial charge in [0, 0.05) is 13.1 Å². The zero-order valence-corrected chi connectivity index (χ0v) is 16.8. The first-order valence-electron chi connectivity index (χ1n) is 9.36. The third-order valence-electron chi connectivity index (χ3n) is 4.84. The van der Waals surface area contributed by atoms with Crippen molar-refractivity contribution in [1.82, 2.24) is 9.88 Å². The summed E-state index contributed by atoms with van der Waals surface area (Å²) < 4.78 is 21.7. The molecule has 1 N–H and O–H groups in total. The van der Waals surface area contributed by atoms with Gasteiger partial charge in [-0.05, 0) is 59.3 Å². The molecular weight excluding hydrogens is 387 g/mol. The van der Waals surface area contributed by atoms with Crippen molar-refractivity contribution in [2.24, 2.45) is 0 Å². The van der Waals surface area contributed by atoms with Gasteiger partial charge >= 0.3 is 0 Å². The minimum Gasteiger partial charge on any atom is -0.497 e. The number of hydrogen-bond donors (Lipinski definition) is 1. The summed E-state index contributed by atoms with van der Waals surface area (Å²) in [5, 5.41) is 5.00. The van der Waals surface area contributed by atoms with E-state index < -0.39 is 0 Å². The Bertz CT molecular complexity index is 1130. The molecule has 2 heterocycles. The van der Waals surface area contributed by atoms with Crippen LogP contribution in [0.5, 0.6) is 5.75 Å². The molecule has 1 amide bonds. The third-order valence-corrected chi connectivity index (χ3v) is 5.70. The molecule has 0 aliphatic carbocycles. The van der Waals surface area contributed by atoms with Gasteiger partial charge in [0.2, 0.25) is 0 Å². The molecule has 0 saturated carbocycles. The van der Waals surface area contributed by atoms with E-state index in [0.717, 1.165) is 33.5 Å². The van der Waals surface area contributed by atoms with Gasteiger partial charge in [0.05, 0.1) is 17.3 Å². The molecule has 0 radical (unpaired) electrons. The van der Waals surface area contributed by atoms with Gasteiger partial charge in [-0.15, -0.1) is 11.3 Å². The largest absolute Gasteiger partial charge is 0.497 e. The number of nitrogens with zero attached hydrogens (tertiary/aromatic N) is 1. The first-order valence-corrected chi connectivity index (χ1v) is 10.2. The summed E-state index contributed by atoms with van der Waals surface area (Å²) in [5.41, 5.74) is 3.52. The van der Waals surface area contributed by atoms with Crippen molar-refractivity contribution in [3.05, 3.63) is 88.7 Å². The Labute approximate surface area is 172 Å². The van der Waals surface area contributed by atoms with Gasteiger partial charge in [-0.25, -0.2) is 4.39 Å². The standard InChI is InChI=1S/C23H21FN2O2S/c1-28-19-7-5-16(6-8-19)9-11-25-23(27)21-14-22-20(10-12-29-22)26(21)15-17-3-2-4-18(24)13-17/h2-8,10,12-14H,9,11,15H2,1H3,(H,25,27). The van der Waals surface area contributed by atoms with E-state index >= 15 is 0 Å². The van der Waals surface area contributed by atoms with Gasteiger partial charge in [0.1, 0.15) is 17.3 Å². The lowest BCUT2D eigenvalue weighted by Gasteiger charge is -2.11. The number of methoxy groups -OCH3 is 1. The van der Waals surface area contributed by atoms with Crippen LogP contribution in [0.2, 0.25) is 0 Å². The first-order chi connectivity index (χ1) is 14.1. The fourth-order valence-corrected chi connectivity index (χ4v) is 4.18. The highest BCUT2D eigenvalue weighted by Gasteiger charge is 2.16. The fourth-order valence-electron chi connectivity index (χ4n) is 3.36. The van der Waals surface area contributed by atoms with Gasteiger partial charge in [-0.1, -0.05) is 24.3 Å². The zero-order chi connectivity index (χ0) is 20.2. The number of hydrogen-bond acceptors (Lipinski definition) is 3. The smallest absolute Gasteiger partial charge is 0.267 e. The van der Waals surface area contributed by atoms with Crippen LogP contribution < -0.4 is 10.1 Å². The van der Waals surface area contributed by atoms with E-state index in [2.05, 4.69) is 5.32 Å². The lowest BCUT2D eigenvalue weighted by Crippen LogP contribution is -2.28. The summed E-state index contributed by atoms with van der Waals surface area (Å²) in [6.45, 7) is 0.975. The summed E-state index contributed by atoms with van der Waals surface area (Å²) in [6, 6.07) is 18.2. The second kappa shape index (κ2) is 8.49. The molecule has 0 saturated heterocycles. The van der Waals surface area contributed by atoms with Crippen molar-refractivity contribution in [1.29, 1.82) is 0 Å². The van der Waals surface area contributed by atoms with Gasteiger partial charge in [0.25, 0.3) is 5.91 Å². The number of rotatable bonds is 7. The molecule has 4 nitrogen and oxygen atoms in total. The molecule has 0 aliphatic rings. The van der Waals surface area contributed by atoms with Crippen molar-refractivity contribution >= 4 is 27.5 Å². The monoisotopic (exact) mass is 408 g/mol. The Balaban J connectivity index is 1.48. The van der Waals surface area contributed by atoms with E-state index in [1.54, 1.807) is 24.5 Å². The molecule has 0 spiro atoms. The Kier molecular flexibility index (Phi) is 5.62. The number of amides is 1. The van der Waals surface area contributed by atoms with Gasteiger partial charge in [-0.2, -0.15) is 0 Å². The van der Waals surface area contributed by atoms with Crippen LogP contribution >= 0.6 is 11.3 Å². The molecule has 4 aromatic rings. The Morgan fingerprint density at radius 1 is 1.10 bits per heavy atom. The number of carbonyl (C=O) groups excluding carboxylic acids is 1. The van der Waals surface area contributed by atoms with Crippen LogP contribution in [0.15, 0.2) is 66.0 Å². The second-order valence-electron chi connectivity index (χ2n) is 6.77. The Hall–Kier alpha value is -3.12. The molecule has 2 aromatic carbocycles. The highest BCUT2D eigenvalue weighted by atomic mass is 32.1. The third kappa shape index (κ3) is 4.32. The van der Waals surface area contributed by atoms with Gasteiger partial charge in [0.15, 0.2) is 0 Å². The highest BCUT2D eigenvalue weighted by Crippen LogP contribution is 2.26. The van der Waals surface area contributed by atoms with Gasteiger partial charge in [-0.3, -0.25) is 4.79 Å². The number of carbonyl (C=O) groups is 1. The molecule has 0 bridgehead atoms. The summed E-state index contributed by atoms with van der Waals surface area (Å²) in [4.78, 5) is 12.9. The maximum absolute atomic E-state index is 13.6. The van der Waals surface area contributed by atoms with E-state index in [4.69, 9.17) is 4.74 Å². The molecule has 148 valence electrons. The van der Waals surface area contributed by atoms with Crippen LogP contribution in [0.4, 0.5) is 4.39 Å². The number of halogens is 1. The fraction of sp³-hybridized carbons (Fsp3) is 0.174. The van der Waals surface area contributed by atoms with Gasteiger partial charge < -0.3 is 14.6 Å². The number of nitrogens with one attached hydrogen (secondary N) is 1. The van der Waals surface area contributed by atoms with Crippen LogP contribution in [0.3, 0.4) is 0 Å². The first kappa shape index (κ1) is 19.2. The van der Waals surface area contributed by atoms with Crippen LogP contribution in [0.25, 0.3) is 10.2 Å². The molecule has 0 atom stereocenters. The van der Waals surface area contributed by atoms with E-state index in [1.165, 1.54) is 12.1 Å². The average Bonchev–Trinajstić information content (AvgIpc) is 3.31. The normalized spacial score (nSPS) is 11.0. The van der Waals surface area contributed by atoms with E-state index in [9.17, 15) is 9.18 Å². The maximum Gasteiger partial charge on any atom is 0.267 e. The minimum absolute atomic E-state index is 0.127. The minimum atomic E-state index is -0.276. The van der Waals surface area contributed by atoms with E-state index in [1.807, 2.05) is 52.4 Å². The lowest BCUT2D eigenvalue weighted by atomic mass is 10.1. The maximum atomic E-state index is 13.6. The Morgan fingerprint density at radius 3 is 2.69 bits per heavy atom. The number of benzene rings is 2. The number of thiophene rings is 1. The van der Waals surface area contributed by atoms with Crippen LogP contribution in [-0.4, -0.2) is 24.1 Å². The molecule has 2 aromatic heterocycles. The lowest BCUT2D eigenvalue weighted by molar-refractivity contribution is 0.0946. The van der Waals surface area contributed by atoms with Crippen molar-refractivity contribution in [3.8, 4) is 5.75 Å². The van der Waals surface area contributed by atoms with E-state index in [0.29, 0.717) is 18.8 Å². The Morgan fingerprint density at radius 2 is 1.93 bits per heavy atom. The van der Waals surface area contributed by atoms with E-state index in [-0.39, 0.29) is 11.7 Å².